The van der Waals surface area contributed by atoms with Crippen molar-refractivity contribution in [2.45, 2.75) is 25.6 Å². The molecule has 5 nitrogen and oxygen atoms in total. The molecule has 0 saturated carbocycles. The van der Waals surface area contributed by atoms with Crippen LogP contribution in [-0.4, -0.2) is 27.6 Å². The summed E-state index contributed by atoms with van der Waals surface area (Å²) in [5.74, 6) is 0.517. The summed E-state index contributed by atoms with van der Waals surface area (Å²) in [5.41, 5.74) is 4.93. The Hall–Kier alpha value is -2.18. The fourth-order valence-corrected chi connectivity index (χ4v) is 3.62. The average molecular weight is 390 g/mol. The number of carbonyl (C=O) groups excluding carboxylic acids is 1. The molecule has 0 radical (unpaired) electrons. The van der Waals surface area contributed by atoms with E-state index in [1.54, 1.807) is 17.1 Å². The summed E-state index contributed by atoms with van der Waals surface area (Å²) in [7, 11) is 0. The Morgan fingerprint density at radius 2 is 2.00 bits per heavy atom. The predicted molar refractivity (Wildman–Crippen MR) is 107 cm³/mol. The quantitative estimate of drug-likeness (QED) is 0.834. The zero-order valence-corrected chi connectivity index (χ0v) is 16.4. The Morgan fingerprint density at radius 3 is 2.69 bits per heavy atom. The largest absolute Gasteiger partial charge is 0.484 e. The SMILES string of the molecule is Cc1cccc(OCC(=O)N2NC(=Nc3ccc(Cl)cc3)SC2(C)C)c1. The van der Waals surface area contributed by atoms with Gasteiger partial charge in [-0.3, -0.25) is 10.2 Å². The van der Waals surface area contributed by atoms with Crippen LogP contribution in [0.1, 0.15) is 19.4 Å². The molecular formula is C19H20ClN3O2S. The molecule has 26 heavy (non-hydrogen) atoms. The molecule has 1 saturated heterocycles. The van der Waals surface area contributed by atoms with Crippen molar-refractivity contribution >= 4 is 40.1 Å². The van der Waals surface area contributed by atoms with Crippen molar-refractivity contribution in [1.82, 2.24) is 10.4 Å². The summed E-state index contributed by atoms with van der Waals surface area (Å²) in [6.45, 7) is 5.85. The molecule has 0 bridgehead atoms. The average Bonchev–Trinajstić information content (AvgIpc) is 2.89. The third-order valence-electron chi connectivity index (χ3n) is 3.75. The standard InChI is InChI=1S/C19H20ClN3O2S/c1-13-5-4-6-16(11-13)25-12-17(24)23-19(2,3)26-18(22-23)21-15-9-7-14(20)8-10-15/h4-11H,12H2,1-3H3,(H,21,22). The Morgan fingerprint density at radius 1 is 1.27 bits per heavy atom. The van der Waals surface area contributed by atoms with Crippen molar-refractivity contribution in [2.24, 2.45) is 4.99 Å². The lowest BCUT2D eigenvalue weighted by Gasteiger charge is -2.28. The molecule has 0 atom stereocenters. The maximum absolute atomic E-state index is 12.6. The van der Waals surface area contributed by atoms with Gasteiger partial charge in [0, 0.05) is 5.02 Å². The number of ether oxygens (including phenoxy) is 1. The maximum atomic E-state index is 12.6. The lowest BCUT2D eigenvalue weighted by molar-refractivity contribution is -0.137. The number of amides is 1. The molecular weight excluding hydrogens is 370 g/mol. The van der Waals surface area contributed by atoms with Crippen LogP contribution in [0.4, 0.5) is 5.69 Å². The number of benzene rings is 2. The molecule has 136 valence electrons. The van der Waals surface area contributed by atoms with Gasteiger partial charge in [0.2, 0.25) is 0 Å². The molecule has 0 aliphatic carbocycles. The number of carbonyl (C=O) groups is 1. The monoisotopic (exact) mass is 389 g/mol. The maximum Gasteiger partial charge on any atom is 0.280 e. The number of nitrogens with one attached hydrogen (secondary N) is 1. The number of hydrogen-bond acceptors (Lipinski definition) is 4. The van der Waals surface area contributed by atoms with Crippen molar-refractivity contribution in [3.8, 4) is 5.75 Å². The number of aryl methyl sites for hydroxylation is 1. The van der Waals surface area contributed by atoms with Gasteiger partial charge in [0.1, 0.15) is 10.6 Å². The van der Waals surface area contributed by atoms with Gasteiger partial charge in [0.15, 0.2) is 11.8 Å². The van der Waals surface area contributed by atoms with Crippen LogP contribution in [0.3, 0.4) is 0 Å². The van der Waals surface area contributed by atoms with E-state index >= 15 is 0 Å². The van der Waals surface area contributed by atoms with Crippen molar-refractivity contribution in [3.63, 3.8) is 0 Å². The van der Waals surface area contributed by atoms with E-state index in [0.29, 0.717) is 15.9 Å². The highest BCUT2D eigenvalue weighted by molar-refractivity contribution is 8.15. The van der Waals surface area contributed by atoms with Crippen molar-refractivity contribution in [2.75, 3.05) is 6.61 Å². The molecule has 1 aliphatic rings. The Bertz CT molecular complexity index is 837. The van der Waals surface area contributed by atoms with Crippen LogP contribution in [0.15, 0.2) is 53.5 Å². The van der Waals surface area contributed by atoms with Gasteiger partial charge in [-0.1, -0.05) is 35.5 Å². The second-order valence-corrected chi connectivity index (χ2v) is 8.41. The fraction of sp³-hybridized carbons (Fsp3) is 0.263. The van der Waals surface area contributed by atoms with E-state index in [2.05, 4.69) is 10.4 Å². The van der Waals surface area contributed by atoms with Crippen molar-refractivity contribution in [3.05, 3.63) is 59.1 Å². The number of aliphatic imine (C=N–C) groups is 1. The van der Waals surface area contributed by atoms with Crippen LogP contribution in [0.25, 0.3) is 0 Å². The highest BCUT2D eigenvalue weighted by Crippen LogP contribution is 2.35. The van der Waals surface area contributed by atoms with E-state index in [4.69, 9.17) is 16.3 Å². The van der Waals surface area contributed by atoms with Crippen LogP contribution in [0, 0.1) is 6.92 Å². The van der Waals surface area contributed by atoms with Gasteiger partial charge in [-0.05, 0) is 62.7 Å². The van der Waals surface area contributed by atoms with Crippen LogP contribution in [0.5, 0.6) is 5.75 Å². The molecule has 2 aromatic rings. The van der Waals surface area contributed by atoms with E-state index in [1.807, 2.05) is 57.2 Å². The van der Waals surface area contributed by atoms with Crippen LogP contribution >= 0.6 is 23.4 Å². The molecule has 3 rings (SSSR count). The molecule has 1 N–H and O–H groups in total. The first-order chi connectivity index (χ1) is 12.3. The van der Waals surface area contributed by atoms with Gasteiger partial charge in [0.05, 0.1) is 5.69 Å². The summed E-state index contributed by atoms with van der Waals surface area (Å²) >= 11 is 7.38. The number of halogens is 1. The van der Waals surface area contributed by atoms with E-state index in [1.165, 1.54) is 11.8 Å². The topological polar surface area (TPSA) is 53.9 Å². The van der Waals surface area contributed by atoms with E-state index in [0.717, 1.165) is 11.3 Å². The van der Waals surface area contributed by atoms with Gasteiger partial charge < -0.3 is 4.74 Å². The third kappa shape index (κ3) is 4.51. The minimum absolute atomic E-state index is 0.0470. The zero-order valence-electron chi connectivity index (χ0n) is 14.8. The highest BCUT2D eigenvalue weighted by atomic mass is 35.5. The predicted octanol–water partition coefficient (Wildman–Crippen LogP) is 4.53. The van der Waals surface area contributed by atoms with E-state index < -0.39 is 4.87 Å². The van der Waals surface area contributed by atoms with E-state index in [9.17, 15) is 4.79 Å². The van der Waals surface area contributed by atoms with Crippen LogP contribution in [0.2, 0.25) is 5.02 Å². The second-order valence-electron chi connectivity index (χ2n) is 6.39. The molecule has 0 unspecified atom stereocenters. The van der Waals surface area contributed by atoms with Crippen LogP contribution < -0.4 is 10.2 Å². The Labute approximate surface area is 162 Å². The molecule has 0 aromatic heterocycles. The molecule has 1 aliphatic heterocycles. The smallest absolute Gasteiger partial charge is 0.280 e. The van der Waals surface area contributed by atoms with Gasteiger partial charge in [-0.15, -0.1) is 0 Å². The van der Waals surface area contributed by atoms with Gasteiger partial charge in [-0.25, -0.2) is 10.0 Å². The number of hydrazine groups is 1. The molecule has 1 fully saturated rings. The summed E-state index contributed by atoms with van der Waals surface area (Å²) in [6.07, 6.45) is 0. The van der Waals surface area contributed by atoms with E-state index in [-0.39, 0.29) is 12.5 Å². The Balaban J connectivity index is 1.67. The first-order valence-electron chi connectivity index (χ1n) is 8.16. The first kappa shape index (κ1) is 18.6. The molecule has 1 amide bonds. The van der Waals surface area contributed by atoms with Gasteiger partial charge in [-0.2, -0.15) is 0 Å². The summed E-state index contributed by atoms with van der Waals surface area (Å²) in [5, 5.41) is 2.87. The lowest BCUT2D eigenvalue weighted by Crippen LogP contribution is -2.49. The lowest BCUT2D eigenvalue weighted by atomic mass is 10.2. The number of amidine groups is 1. The summed E-state index contributed by atoms with van der Waals surface area (Å²) in [4.78, 5) is 16.7. The molecule has 0 spiro atoms. The van der Waals surface area contributed by atoms with Gasteiger partial charge >= 0.3 is 0 Å². The van der Waals surface area contributed by atoms with Gasteiger partial charge in [0.25, 0.3) is 5.91 Å². The summed E-state index contributed by atoms with van der Waals surface area (Å²) in [6, 6.07) is 14.8. The minimum atomic E-state index is -0.474. The summed E-state index contributed by atoms with van der Waals surface area (Å²) < 4.78 is 5.63. The normalized spacial score (nSPS) is 17.2. The molecule has 2 aromatic carbocycles. The number of hydrogen-bond donors (Lipinski definition) is 1. The zero-order chi connectivity index (χ0) is 18.7. The highest BCUT2D eigenvalue weighted by Gasteiger charge is 2.40. The number of thioether (sulfide) groups is 1. The number of nitrogens with zero attached hydrogens (tertiary/aromatic N) is 2. The Kier molecular flexibility index (Phi) is 5.44. The molecule has 1 heterocycles. The third-order valence-corrected chi connectivity index (χ3v) is 5.06. The van der Waals surface area contributed by atoms with Crippen molar-refractivity contribution < 1.29 is 9.53 Å². The molecule has 7 heteroatoms. The fourth-order valence-electron chi connectivity index (χ4n) is 2.49. The van der Waals surface area contributed by atoms with Crippen LogP contribution in [-0.2, 0) is 4.79 Å². The minimum Gasteiger partial charge on any atom is -0.484 e. The van der Waals surface area contributed by atoms with Crippen molar-refractivity contribution in [1.29, 1.82) is 0 Å². The first-order valence-corrected chi connectivity index (χ1v) is 9.35. The number of rotatable bonds is 4. The second kappa shape index (κ2) is 7.60.